The van der Waals surface area contributed by atoms with Gasteiger partial charge in [0.15, 0.2) is 7.28 Å². The fourth-order valence-corrected chi connectivity index (χ4v) is 13.4. The minimum atomic E-state index is -0.580. The maximum absolute atomic E-state index is 4.14. The number of fused-ring (bicyclic) bond motifs is 6. The van der Waals surface area contributed by atoms with Gasteiger partial charge < -0.3 is 10.2 Å². The minimum Gasteiger partial charge on any atom is -0.354 e. The lowest BCUT2D eigenvalue weighted by Gasteiger charge is -2.45. The summed E-state index contributed by atoms with van der Waals surface area (Å²) in [6.45, 7) is 24.2. The van der Waals surface area contributed by atoms with E-state index in [1.807, 2.05) is 0 Å². The zero-order valence-corrected chi connectivity index (χ0v) is 42.9. The Morgan fingerprint density at radius 2 is 0.986 bits per heavy atom. The normalized spacial score (nSPS) is 18.1. The molecule has 70 heavy (non-hydrogen) atoms. The van der Waals surface area contributed by atoms with Crippen LogP contribution in [0.5, 0.6) is 0 Å². The topological polar surface area (TPSA) is 15.3 Å². The maximum atomic E-state index is 4.14. The first-order chi connectivity index (χ1) is 33.5. The van der Waals surface area contributed by atoms with Gasteiger partial charge in [0.25, 0.3) is 0 Å². The van der Waals surface area contributed by atoms with Crippen LogP contribution in [0, 0.1) is 13.8 Å². The number of hydrogen-bond donors (Lipinski definition) is 1. The molecule has 0 saturated carbocycles. The first-order valence-corrected chi connectivity index (χ1v) is 25.8. The van der Waals surface area contributed by atoms with E-state index >= 15 is 0 Å². The standard InChI is InChI=1S/C67H66BN2/c1-42-21-19-22-43(2)60(42)44-37-49(48-27-20-29-52-62(48)69-57-30-18-17-28-51(57)67(52,45-23-13-11-14-24-45)46-25-15-12-16-26-46)61-59(38-44)70(47-31-32-50-53(39-47)64(5,6)34-33-63(50,3)4)58-41-55-54(40-56(58)68-61)65(7,8)35-36-66(55,9)10/h11-32,37-41,69H,33-36H2,1-10H3. The van der Waals surface area contributed by atoms with Gasteiger partial charge in [0.2, 0.25) is 0 Å². The fourth-order valence-electron chi connectivity index (χ4n) is 13.4. The molecule has 1 N–H and O–H groups in total. The predicted octanol–water partition coefficient (Wildman–Crippen LogP) is 16.2. The molecule has 2 heterocycles. The van der Waals surface area contributed by atoms with Gasteiger partial charge in [0.1, 0.15) is 0 Å². The average Bonchev–Trinajstić information content (AvgIpc) is 3.35. The van der Waals surface area contributed by atoms with Crippen LogP contribution in [0.15, 0.2) is 164 Å². The van der Waals surface area contributed by atoms with Gasteiger partial charge in [-0.05, 0) is 175 Å². The monoisotopic (exact) mass is 910 g/mol. The van der Waals surface area contributed by atoms with Gasteiger partial charge in [-0.3, -0.25) is 0 Å². The molecule has 0 saturated heterocycles. The van der Waals surface area contributed by atoms with Crippen LogP contribution in [-0.4, -0.2) is 7.28 Å². The molecule has 2 nitrogen and oxygen atoms in total. The minimum absolute atomic E-state index is 0.0496. The summed E-state index contributed by atoms with van der Waals surface area (Å²) < 4.78 is 0. The molecule has 0 atom stereocenters. The number of para-hydroxylation sites is 2. The number of nitrogens with zero attached hydrogens (tertiary/aromatic N) is 1. The smallest absolute Gasteiger partial charge is 0.197 e. The predicted molar refractivity (Wildman–Crippen MR) is 299 cm³/mol. The lowest BCUT2D eigenvalue weighted by atomic mass is 9.54. The molecule has 3 heteroatoms. The lowest BCUT2D eigenvalue weighted by molar-refractivity contribution is 0.332. The zero-order chi connectivity index (χ0) is 48.5. The molecular formula is C67H66BN2. The van der Waals surface area contributed by atoms with Gasteiger partial charge in [-0.2, -0.15) is 0 Å². The van der Waals surface area contributed by atoms with Crippen LogP contribution in [0.3, 0.4) is 0 Å². The molecule has 0 unspecified atom stereocenters. The molecule has 0 fully saturated rings. The molecular weight excluding hydrogens is 844 g/mol. The third-order valence-corrected chi connectivity index (χ3v) is 17.6. The molecule has 347 valence electrons. The fraction of sp³-hybridized carbons (Fsp3) is 0.284. The Hall–Kier alpha value is -6.58. The summed E-state index contributed by atoms with van der Waals surface area (Å²) in [6, 6.07) is 62.9. The van der Waals surface area contributed by atoms with E-state index < -0.39 is 5.41 Å². The molecule has 8 aromatic rings. The Balaban J connectivity index is 1.20. The van der Waals surface area contributed by atoms with Crippen molar-refractivity contribution in [2.75, 3.05) is 10.2 Å². The number of anilines is 5. The maximum Gasteiger partial charge on any atom is 0.197 e. The second kappa shape index (κ2) is 15.7. The van der Waals surface area contributed by atoms with Crippen LogP contribution >= 0.6 is 0 Å². The van der Waals surface area contributed by atoms with E-state index in [1.165, 1.54) is 119 Å². The number of benzene rings is 8. The Kier molecular flexibility index (Phi) is 10.0. The Bertz CT molecular complexity index is 3350. The first kappa shape index (κ1) is 44.6. The van der Waals surface area contributed by atoms with Gasteiger partial charge >= 0.3 is 0 Å². The second-order valence-corrected chi connectivity index (χ2v) is 23.8. The third kappa shape index (κ3) is 6.67. The van der Waals surface area contributed by atoms with Crippen molar-refractivity contribution in [3.05, 3.63) is 219 Å². The highest BCUT2D eigenvalue weighted by Crippen LogP contribution is 2.57. The van der Waals surface area contributed by atoms with E-state index in [1.54, 1.807) is 0 Å². The molecule has 12 rings (SSSR count). The van der Waals surface area contributed by atoms with Crippen molar-refractivity contribution in [3.63, 3.8) is 0 Å². The largest absolute Gasteiger partial charge is 0.354 e. The summed E-state index contributed by atoms with van der Waals surface area (Å²) in [5.74, 6) is 0. The Labute approximate surface area is 418 Å². The molecule has 8 aromatic carbocycles. The average molecular weight is 910 g/mol. The van der Waals surface area contributed by atoms with Crippen molar-refractivity contribution >= 4 is 46.6 Å². The Morgan fingerprint density at radius 3 is 1.63 bits per heavy atom. The van der Waals surface area contributed by atoms with E-state index in [0.717, 1.165) is 24.2 Å². The van der Waals surface area contributed by atoms with Crippen LogP contribution in [0.2, 0.25) is 0 Å². The van der Waals surface area contributed by atoms with E-state index in [2.05, 4.69) is 251 Å². The SMILES string of the molecule is Cc1cccc(C)c1-c1cc(-c2cccc3c2Nc2ccccc2C3(c2ccccc2)c2ccccc2)c2c(c1)N(c1ccc3c(c1)C(C)(C)CCC3(C)C)c1cc3c(cc1[B]2)C(C)(C)CCC3(C)C. The van der Waals surface area contributed by atoms with E-state index in [-0.39, 0.29) is 21.7 Å². The molecule has 4 aliphatic rings. The molecule has 2 aliphatic heterocycles. The zero-order valence-electron chi connectivity index (χ0n) is 42.9. The lowest BCUT2D eigenvalue weighted by Crippen LogP contribution is -2.44. The molecule has 0 amide bonds. The van der Waals surface area contributed by atoms with Crippen molar-refractivity contribution in [2.45, 2.75) is 122 Å². The van der Waals surface area contributed by atoms with Crippen LogP contribution in [0.1, 0.15) is 137 Å². The summed E-state index contributed by atoms with van der Waals surface area (Å²) in [7, 11) is 2.55. The van der Waals surface area contributed by atoms with E-state index in [0.29, 0.717) is 0 Å². The van der Waals surface area contributed by atoms with Crippen LogP contribution in [0.25, 0.3) is 22.3 Å². The first-order valence-electron chi connectivity index (χ1n) is 25.8. The summed E-state index contributed by atoms with van der Waals surface area (Å²) in [4.78, 5) is 2.66. The van der Waals surface area contributed by atoms with Crippen molar-refractivity contribution in [1.82, 2.24) is 0 Å². The highest BCUT2D eigenvalue weighted by atomic mass is 15.2. The molecule has 1 radical (unpaired) electrons. The van der Waals surface area contributed by atoms with Crippen LogP contribution < -0.4 is 21.1 Å². The molecule has 2 aliphatic carbocycles. The summed E-state index contributed by atoms with van der Waals surface area (Å²) in [6.07, 6.45) is 4.68. The summed E-state index contributed by atoms with van der Waals surface area (Å²) in [5, 5.41) is 4.14. The molecule has 0 bridgehead atoms. The van der Waals surface area contributed by atoms with Crippen molar-refractivity contribution in [1.29, 1.82) is 0 Å². The van der Waals surface area contributed by atoms with Gasteiger partial charge in [0, 0.05) is 28.3 Å². The van der Waals surface area contributed by atoms with Gasteiger partial charge in [-0.15, -0.1) is 0 Å². The van der Waals surface area contributed by atoms with Crippen molar-refractivity contribution in [3.8, 4) is 22.3 Å². The number of rotatable bonds is 5. The van der Waals surface area contributed by atoms with Gasteiger partial charge in [-0.25, -0.2) is 0 Å². The summed E-state index contributed by atoms with van der Waals surface area (Å²) >= 11 is 0. The number of nitrogens with one attached hydrogen (secondary N) is 1. The quantitative estimate of drug-likeness (QED) is 0.173. The van der Waals surface area contributed by atoms with E-state index in [4.69, 9.17) is 0 Å². The highest BCUT2D eigenvalue weighted by molar-refractivity contribution is 6.73. The van der Waals surface area contributed by atoms with Crippen LogP contribution in [-0.2, 0) is 27.1 Å². The Morgan fingerprint density at radius 1 is 0.443 bits per heavy atom. The number of aryl methyl sites for hydroxylation is 2. The molecule has 0 spiro atoms. The number of hydrogen-bond acceptors (Lipinski definition) is 2. The summed E-state index contributed by atoms with van der Waals surface area (Å²) in [5.41, 5.74) is 26.6. The van der Waals surface area contributed by atoms with Gasteiger partial charge in [0.05, 0.1) is 11.1 Å². The van der Waals surface area contributed by atoms with Crippen molar-refractivity contribution < 1.29 is 0 Å². The van der Waals surface area contributed by atoms with E-state index in [9.17, 15) is 0 Å². The van der Waals surface area contributed by atoms with Crippen molar-refractivity contribution in [2.24, 2.45) is 0 Å². The van der Waals surface area contributed by atoms with Gasteiger partial charge in [-0.1, -0.05) is 188 Å². The molecule has 0 aromatic heterocycles. The van der Waals surface area contributed by atoms with Crippen LogP contribution in [0.4, 0.5) is 28.4 Å². The third-order valence-electron chi connectivity index (χ3n) is 17.6. The second-order valence-electron chi connectivity index (χ2n) is 23.8. The highest BCUT2D eigenvalue weighted by Gasteiger charge is 2.46.